The fourth-order valence-electron chi connectivity index (χ4n) is 2.41. The minimum atomic E-state index is -1.08. The van der Waals surface area contributed by atoms with E-state index in [1.165, 1.54) is 0 Å². The van der Waals surface area contributed by atoms with Gasteiger partial charge in [0.1, 0.15) is 39.3 Å². The van der Waals surface area contributed by atoms with Gasteiger partial charge in [0.2, 0.25) is 0 Å². The molecule has 0 aromatic rings. The molecule has 12 nitrogen and oxygen atoms in total. The third kappa shape index (κ3) is 33.5. The van der Waals surface area contributed by atoms with Crippen LogP contribution >= 0.6 is 0 Å². The topological polar surface area (TPSA) is 211 Å². The van der Waals surface area contributed by atoms with E-state index in [0.29, 0.717) is 58.5 Å². The van der Waals surface area contributed by atoms with Gasteiger partial charge in [-0.2, -0.15) is 0 Å². The maximum atomic E-state index is 9.86. The number of aliphatic hydroxyl groups excluding tert-OH is 6. The Labute approximate surface area is 184 Å². The number of aliphatic carboxylic acids is 2. The number of aliphatic hydroxyl groups is 6. The van der Waals surface area contributed by atoms with Crippen molar-refractivity contribution in [1.82, 2.24) is 0 Å². The molecule has 188 valence electrons. The maximum absolute atomic E-state index is 9.86. The van der Waals surface area contributed by atoms with Crippen LogP contribution < -0.4 is 20.0 Å². The fraction of sp³-hybridized carbons (Fsp3) is 0.895. The highest BCUT2D eigenvalue weighted by atomic mass is 16.4. The maximum Gasteiger partial charge on any atom is 0.101 e. The highest BCUT2D eigenvalue weighted by Gasteiger charge is 2.04. The first kappa shape index (κ1) is 34.2. The second kappa shape index (κ2) is 28.6. The Morgan fingerprint density at radius 3 is 0.871 bits per heavy atom. The van der Waals surface area contributed by atoms with Gasteiger partial charge in [0, 0.05) is 11.9 Å². The lowest BCUT2D eigenvalue weighted by Crippen LogP contribution is -3.13. The van der Waals surface area contributed by atoms with Crippen molar-refractivity contribution in [3.8, 4) is 0 Å². The van der Waals surface area contributed by atoms with Crippen LogP contribution in [0.4, 0.5) is 0 Å². The molecular formula is C19H42N2O10. The summed E-state index contributed by atoms with van der Waals surface area (Å²) in [7, 11) is 0. The summed E-state index contributed by atoms with van der Waals surface area (Å²) in [6, 6.07) is 0. The predicted octanol–water partition coefficient (Wildman–Crippen LogP) is -7.87. The quantitative estimate of drug-likeness (QED) is 0.0909. The standard InChI is InChI=1S/C7H12O4.2C6H15NO3/c8-6(9)4-2-1-3-5-7(10)11;2*8-4-1-7(2-5-9)3-6-10/h1-5H2,(H,8,9)(H,10,11);2*8-10H,1-6H2. The Bertz CT molecular complexity index is 326. The number of carbonyl (C=O) groups excluding carboxylic acids is 2. The van der Waals surface area contributed by atoms with Gasteiger partial charge in [-0.25, -0.2) is 0 Å². The molecule has 0 rings (SSSR count). The van der Waals surface area contributed by atoms with Crippen LogP contribution in [-0.4, -0.2) is 121 Å². The lowest BCUT2D eigenvalue weighted by atomic mass is 10.1. The summed E-state index contributed by atoms with van der Waals surface area (Å²) < 4.78 is 0. The van der Waals surface area contributed by atoms with Crippen molar-refractivity contribution in [2.45, 2.75) is 32.1 Å². The Hall–Kier alpha value is -1.38. The van der Waals surface area contributed by atoms with Crippen LogP contribution in [0.5, 0.6) is 0 Å². The third-order valence-electron chi connectivity index (χ3n) is 4.05. The van der Waals surface area contributed by atoms with E-state index in [0.717, 1.165) is 9.80 Å². The minimum Gasteiger partial charge on any atom is -0.550 e. The Morgan fingerprint density at radius 1 is 0.484 bits per heavy atom. The number of rotatable bonds is 18. The van der Waals surface area contributed by atoms with Crippen molar-refractivity contribution < 1.29 is 60.2 Å². The molecule has 0 spiro atoms. The van der Waals surface area contributed by atoms with Crippen LogP contribution in [0.25, 0.3) is 0 Å². The predicted molar refractivity (Wildman–Crippen MR) is 107 cm³/mol. The number of unbranched alkanes of at least 4 members (excludes halogenated alkanes) is 2. The van der Waals surface area contributed by atoms with E-state index in [9.17, 15) is 19.8 Å². The van der Waals surface area contributed by atoms with Crippen molar-refractivity contribution in [3.05, 3.63) is 0 Å². The van der Waals surface area contributed by atoms with E-state index in [-0.39, 0.29) is 52.5 Å². The smallest absolute Gasteiger partial charge is 0.101 e. The number of nitrogens with one attached hydrogen (secondary N) is 2. The summed E-state index contributed by atoms with van der Waals surface area (Å²) in [5.41, 5.74) is 0. The molecule has 0 heterocycles. The van der Waals surface area contributed by atoms with E-state index >= 15 is 0 Å². The number of carboxylic acids is 2. The summed E-state index contributed by atoms with van der Waals surface area (Å²) in [4.78, 5) is 21.8. The van der Waals surface area contributed by atoms with Gasteiger partial charge in [0.25, 0.3) is 0 Å². The zero-order chi connectivity index (χ0) is 24.3. The van der Waals surface area contributed by atoms with Crippen molar-refractivity contribution in [3.63, 3.8) is 0 Å². The largest absolute Gasteiger partial charge is 0.550 e. The van der Waals surface area contributed by atoms with Crippen molar-refractivity contribution >= 4 is 11.9 Å². The molecule has 0 radical (unpaired) electrons. The molecule has 0 fully saturated rings. The molecule has 0 saturated heterocycles. The molecule has 0 amide bonds. The van der Waals surface area contributed by atoms with Gasteiger partial charge in [-0.15, -0.1) is 0 Å². The van der Waals surface area contributed by atoms with E-state index in [1.54, 1.807) is 0 Å². The number of carboxylic acid groups (broad SMARTS) is 2. The zero-order valence-electron chi connectivity index (χ0n) is 18.3. The summed E-state index contributed by atoms with van der Waals surface area (Å²) in [6.45, 7) is 4.23. The van der Waals surface area contributed by atoms with Gasteiger partial charge in [0.15, 0.2) is 0 Å². The summed E-state index contributed by atoms with van der Waals surface area (Å²) in [5.74, 6) is -2.17. The molecule has 0 aliphatic rings. The second-order valence-corrected chi connectivity index (χ2v) is 6.65. The van der Waals surface area contributed by atoms with E-state index in [2.05, 4.69) is 0 Å². The number of carbonyl (C=O) groups is 2. The Morgan fingerprint density at radius 2 is 0.710 bits per heavy atom. The van der Waals surface area contributed by atoms with Crippen LogP contribution in [0.3, 0.4) is 0 Å². The van der Waals surface area contributed by atoms with Gasteiger partial charge >= 0.3 is 0 Å². The van der Waals surface area contributed by atoms with Gasteiger partial charge in [0.05, 0.1) is 39.6 Å². The highest BCUT2D eigenvalue weighted by molar-refractivity contribution is 5.64. The Kier molecular flexibility index (Phi) is 31.6. The normalized spacial score (nSPS) is 10.3. The second-order valence-electron chi connectivity index (χ2n) is 6.65. The van der Waals surface area contributed by atoms with E-state index in [4.69, 9.17) is 30.6 Å². The molecule has 0 aromatic heterocycles. The van der Waals surface area contributed by atoms with Crippen LogP contribution in [0, 0.1) is 0 Å². The van der Waals surface area contributed by atoms with Crippen molar-refractivity contribution in [2.75, 3.05) is 78.9 Å². The molecular weight excluding hydrogens is 416 g/mol. The number of hydrogen-bond donors (Lipinski definition) is 8. The molecule has 0 atom stereocenters. The van der Waals surface area contributed by atoms with Gasteiger partial charge < -0.3 is 60.2 Å². The molecule has 0 saturated carbocycles. The summed E-state index contributed by atoms with van der Waals surface area (Å²) in [6.07, 6.45) is 1.58. The summed E-state index contributed by atoms with van der Waals surface area (Å²) in [5, 5.41) is 70.7. The number of quaternary nitrogens is 2. The van der Waals surface area contributed by atoms with E-state index in [1.807, 2.05) is 0 Å². The monoisotopic (exact) mass is 458 g/mol. The minimum absolute atomic E-state index is 0.00699. The van der Waals surface area contributed by atoms with Crippen LogP contribution in [-0.2, 0) is 9.59 Å². The fourth-order valence-corrected chi connectivity index (χ4v) is 2.41. The summed E-state index contributed by atoms with van der Waals surface area (Å²) >= 11 is 0. The molecule has 0 unspecified atom stereocenters. The van der Waals surface area contributed by atoms with E-state index < -0.39 is 11.9 Å². The first-order chi connectivity index (χ1) is 14.8. The van der Waals surface area contributed by atoms with Gasteiger partial charge in [-0.1, -0.05) is 6.42 Å². The van der Waals surface area contributed by atoms with Crippen LogP contribution in [0.1, 0.15) is 32.1 Å². The van der Waals surface area contributed by atoms with Crippen LogP contribution in [0.15, 0.2) is 0 Å². The Balaban J connectivity index is -0.000000380. The lowest BCUT2D eigenvalue weighted by molar-refractivity contribution is -0.901. The lowest BCUT2D eigenvalue weighted by Gasteiger charge is -2.15. The van der Waals surface area contributed by atoms with Gasteiger partial charge in [-0.3, -0.25) is 0 Å². The highest BCUT2D eigenvalue weighted by Crippen LogP contribution is 2.01. The molecule has 0 bridgehead atoms. The molecule has 0 aliphatic heterocycles. The first-order valence-corrected chi connectivity index (χ1v) is 10.5. The zero-order valence-corrected chi connectivity index (χ0v) is 18.3. The van der Waals surface area contributed by atoms with Crippen molar-refractivity contribution in [1.29, 1.82) is 0 Å². The first-order valence-electron chi connectivity index (χ1n) is 10.5. The molecule has 0 aromatic carbocycles. The van der Waals surface area contributed by atoms with Crippen molar-refractivity contribution in [2.24, 2.45) is 0 Å². The molecule has 12 heteroatoms. The molecule has 0 aliphatic carbocycles. The average Bonchev–Trinajstić information content (AvgIpc) is 2.69. The average molecular weight is 459 g/mol. The SMILES string of the molecule is O=C([O-])CCCCCC(=O)[O-].OCC[NH+](CCO)CCO.OCC[NH+](CCO)CCO. The molecule has 31 heavy (non-hydrogen) atoms. The third-order valence-corrected chi connectivity index (χ3v) is 4.05. The van der Waals surface area contributed by atoms with Crippen LogP contribution in [0.2, 0.25) is 0 Å². The van der Waals surface area contributed by atoms with Gasteiger partial charge in [-0.05, 0) is 25.7 Å². The number of hydrogen-bond acceptors (Lipinski definition) is 10. The molecule has 8 N–H and O–H groups in total.